The predicted octanol–water partition coefficient (Wildman–Crippen LogP) is 4.46. The maximum absolute atomic E-state index is 6.36. The monoisotopic (exact) mass is 311 g/mol. The molecule has 2 aliphatic rings. The van der Waals surface area contributed by atoms with E-state index >= 15 is 0 Å². The molecule has 2 rings (SSSR count). The molecule has 0 bridgehead atoms. The SMILES string of the molecule is CCCCN(C)CCC1COC2(CCC(C(C)(C)C)CC2)O1. The highest BCUT2D eigenvalue weighted by atomic mass is 16.7. The molecule has 1 heterocycles. The molecule has 1 unspecified atom stereocenters. The minimum atomic E-state index is -0.242. The molecule has 3 heteroatoms. The molecule has 0 aromatic heterocycles. The van der Waals surface area contributed by atoms with Gasteiger partial charge in [-0.3, -0.25) is 0 Å². The Bertz CT molecular complexity index is 329. The fourth-order valence-corrected chi connectivity index (χ4v) is 3.85. The zero-order chi connectivity index (χ0) is 16.2. The van der Waals surface area contributed by atoms with E-state index in [0.29, 0.717) is 11.5 Å². The van der Waals surface area contributed by atoms with Crippen LogP contribution in [0.3, 0.4) is 0 Å². The van der Waals surface area contributed by atoms with Gasteiger partial charge in [-0.05, 0) is 50.6 Å². The maximum atomic E-state index is 6.36. The summed E-state index contributed by atoms with van der Waals surface area (Å²) in [6.45, 7) is 12.4. The Kier molecular flexibility index (Phi) is 6.32. The zero-order valence-corrected chi connectivity index (χ0v) is 15.5. The van der Waals surface area contributed by atoms with Crippen LogP contribution in [0.4, 0.5) is 0 Å². The molecule has 1 aliphatic heterocycles. The molecule has 3 nitrogen and oxygen atoms in total. The highest BCUT2D eigenvalue weighted by molar-refractivity contribution is 4.88. The molecule has 22 heavy (non-hydrogen) atoms. The second kappa shape index (κ2) is 7.63. The van der Waals surface area contributed by atoms with Crippen molar-refractivity contribution in [2.75, 3.05) is 26.7 Å². The highest BCUT2D eigenvalue weighted by Gasteiger charge is 2.45. The Morgan fingerprint density at radius 3 is 2.41 bits per heavy atom. The number of hydrogen-bond acceptors (Lipinski definition) is 3. The van der Waals surface area contributed by atoms with Gasteiger partial charge in [-0.15, -0.1) is 0 Å². The lowest BCUT2D eigenvalue weighted by Crippen LogP contribution is -2.39. The van der Waals surface area contributed by atoms with E-state index in [9.17, 15) is 0 Å². The lowest BCUT2D eigenvalue weighted by Gasteiger charge is -2.41. The summed E-state index contributed by atoms with van der Waals surface area (Å²) >= 11 is 0. The molecule has 1 saturated carbocycles. The first-order chi connectivity index (χ1) is 10.3. The minimum Gasteiger partial charge on any atom is -0.347 e. The summed E-state index contributed by atoms with van der Waals surface area (Å²) < 4.78 is 12.5. The molecule has 130 valence electrons. The average Bonchev–Trinajstić information content (AvgIpc) is 2.85. The molecule has 0 aromatic rings. The van der Waals surface area contributed by atoms with Crippen LogP contribution in [0.2, 0.25) is 0 Å². The maximum Gasteiger partial charge on any atom is 0.168 e. The van der Waals surface area contributed by atoms with Crippen molar-refractivity contribution < 1.29 is 9.47 Å². The summed E-state index contributed by atoms with van der Waals surface area (Å²) in [6, 6.07) is 0. The third-order valence-electron chi connectivity index (χ3n) is 5.61. The molecule has 2 fully saturated rings. The number of unbranched alkanes of at least 4 members (excludes halogenated alkanes) is 1. The van der Waals surface area contributed by atoms with Gasteiger partial charge in [-0.2, -0.15) is 0 Å². The fourth-order valence-electron chi connectivity index (χ4n) is 3.85. The zero-order valence-electron chi connectivity index (χ0n) is 15.5. The summed E-state index contributed by atoms with van der Waals surface area (Å²) in [7, 11) is 2.22. The quantitative estimate of drug-likeness (QED) is 0.723. The third-order valence-corrected chi connectivity index (χ3v) is 5.61. The molecular formula is C19H37NO2. The van der Waals surface area contributed by atoms with Crippen molar-refractivity contribution in [1.82, 2.24) is 4.90 Å². The highest BCUT2D eigenvalue weighted by Crippen LogP contribution is 2.45. The van der Waals surface area contributed by atoms with Gasteiger partial charge in [-0.1, -0.05) is 34.1 Å². The molecule has 0 aromatic carbocycles. The molecule has 1 saturated heterocycles. The second-order valence-electron chi connectivity index (χ2n) is 8.55. The smallest absolute Gasteiger partial charge is 0.168 e. The fraction of sp³-hybridized carbons (Fsp3) is 1.00. The average molecular weight is 312 g/mol. The van der Waals surface area contributed by atoms with Crippen molar-refractivity contribution in [3.63, 3.8) is 0 Å². The van der Waals surface area contributed by atoms with Gasteiger partial charge in [0.25, 0.3) is 0 Å². The van der Waals surface area contributed by atoms with Gasteiger partial charge >= 0.3 is 0 Å². The first-order valence-electron chi connectivity index (χ1n) is 9.35. The van der Waals surface area contributed by atoms with Gasteiger partial charge in [0, 0.05) is 19.4 Å². The topological polar surface area (TPSA) is 21.7 Å². The molecule has 0 N–H and O–H groups in total. The van der Waals surface area contributed by atoms with Gasteiger partial charge in [-0.25, -0.2) is 0 Å². The van der Waals surface area contributed by atoms with Crippen LogP contribution in [0, 0.1) is 11.3 Å². The molecule has 1 atom stereocenters. The summed E-state index contributed by atoms with van der Waals surface area (Å²) in [5, 5.41) is 0. The van der Waals surface area contributed by atoms with Gasteiger partial charge in [0.2, 0.25) is 0 Å². The Hall–Kier alpha value is -0.120. The summed E-state index contributed by atoms with van der Waals surface area (Å²) in [5.41, 5.74) is 0.418. The summed E-state index contributed by atoms with van der Waals surface area (Å²) in [4.78, 5) is 2.42. The summed E-state index contributed by atoms with van der Waals surface area (Å²) in [5.74, 6) is 0.568. The molecule has 0 radical (unpaired) electrons. The Balaban J connectivity index is 1.72. The normalized spacial score (nSPS) is 33.0. The first kappa shape index (κ1) is 18.2. The van der Waals surface area contributed by atoms with E-state index in [0.717, 1.165) is 38.3 Å². The van der Waals surface area contributed by atoms with E-state index in [4.69, 9.17) is 9.47 Å². The van der Waals surface area contributed by atoms with Gasteiger partial charge < -0.3 is 14.4 Å². The minimum absolute atomic E-state index is 0.242. The second-order valence-corrected chi connectivity index (χ2v) is 8.55. The van der Waals surface area contributed by atoms with Crippen molar-refractivity contribution in [3.8, 4) is 0 Å². The van der Waals surface area contributed by atoms with Crippen LogP contribution in [0.15, 0.2) is 0 Å². The van der Waals surface area contributed by atoms with Crippen LogP contribution >= 0.6 is 0 Å². The van der Waals surface area contributed by atoms with Gasteiger partial charge in [0.1, 0.15) is 0 Å². The lowest BCUT2D eigenvalue weighted by molar-refractivity contribution is -0.197. The van der Waals surface area contributed by atoms with E-state index in [-0.39, 0.29) is 5.79 Å². The summed E-state index contributed by atoms with van der Waals surface area (Å²) in [6.07, 6.45) is 8.61. The van der Waals surface area contributed by atoms with Crippen LogP contribution in [-0.2, 0) is 9.47 Å². The van der Waals surface area contributed by atoms with Crippen molar-refractivity contribution in [3.05, 3.63) is 0 Å². The van der Waals surface area contributed by atoms with Gasteiger partial charge in [0.05, 0.1) is 12.7 Å². The van der Waals surface area contributed by atoms with E-state index in [1.807, 2.05) is 0 Å². The number of hydrogen-bond donors (Lipinski definition) is 0. The third kappa shape index (κ3) is 4.94. The molecule has 1 aliphatic carbocycles. The van der Waals surface area contributed by atoms with Crippen LogP contribution in [0.25, 0.3) is 0 Å². The standard InChI is InChI=1S/C19H37NO2/c1-6-7-13-20(5)14-10-17-15-21-19(22-17)11-8-16(9-12-19)18(2,3)4/h16-17H,6-15H2,1-5H3. The van der Waals surface area contributed by atoms with Crippen LogP contribution in [-0.4, -0.2) is 43.5 Å². The Morgan fingerprint density at radius 1 is 1.14 bits per heavy atom. The molecule has 1 spiro atoms. The van der Waals surface area contributed by atoms with Crippen molar-refractivity contribution in [2.24, 2.45) is 11.3 Å². The number of ether oxygens (including phenoxy) is 2. The Morgan fingerprint density at radius 2 is 1.82 bits per heavy atom. The van der Waals surface area contributed by atoms with E-state index < -0.39 is 0 Å². The van der Waals surface area contributed by atoms with E-state index in [1.54, 1.807) is 0 Å². The van der Waals surface area contributed by atoms with E-state index in [2.05, 4.69) is 39.6 Å². The van der Waals surface area contributed by atoms with Gasteiger partial charge in [0.15, 0.2) is 5.79 Å². The van der Waals surface area contributed by atoms with Crippen molar-refractivity contribution in [2.45, 2.75) is 84.5 Å². The van der Waals surface area contributed by atoms with Crippen molar-refractivity contribution >= 4 is 0 Å². The largest absolute Gasteiger partial charge is 0.347 e. The molecular weight excluding hydrogens is 274 g/mol. The molecule has 0 amide bonds. The van der Waals surface area contributed by atoms with E-state index in [1.165, 1.54) is 32.2 Å². The number of nitrogens with zero attached hydrogens (tertiary/aromatic N) is 1. The van der Waals surface area contributed by atoms with Crippen molar-refractivity contribution in [1.29, 1.82) is 0 Å². The number of rotatable bonds is 6. The van der Waals surface area contributed by atoms with Crippen LogP contribution in [0.5, 0.6) is 0 Å². The van der Waals surface area contributed by atoms with Crippen LogP contribution in [0.1, 0.15) is 72.6 Å². The predicted molar refractivity (Wildman–Crippen MR) is 92.0 cm³/mol. The lowest BCUT2D eigenvalue weighted by atomic mass is 9.71. The Labute approximate surface area is 137 Å². The first-order valence-corrected chi connectivity index (χ1v) is 9.35. The van der Waals surface area contributed by atoms with Crippen LogP contribution < -0.4 is 0 Å².